The number of nitrogens with one attached hydrogen (secondary N) is 2. The molecule has 0 radical (unpaired) electrons. The number of nitrogens with zero attached hydrogens (tertiary/aromatic N) is 1. The Kier molecular flexibility index (Phi) is 3.79. The number of hydrogen-bond acceptors (Lipinski definition) is 4. The number of carbonyl (C=O) groups is 1. The van der Waals surface area contributed by atoms with Gasteiger partial charge >= 0.3 is 0 Å². The molecule has 1 aliphatic heterocycles. The van der Waals surface area contributed by atoms with Gasteiger partial charge in [0.05, 0.1) is 10.5 Å². The van der Waals surface area contributed by atoms with Crippen LogP contribution in [-0.2, 0) is 11.2 Å². The number of carbonyl (C=O) groups excluding carboxylic acids is 1. The Hall–Kier alpha value is -0.940. The van der Waals surface area contributed by atoms with E-state index in [1.165, 1.54) is 0 Å². The normalized spacial score (nSPS) is 23.9. The molecule has 0 aliphatic carbocycles. The summed E-state index contributed by atoms with van der Waals surface area (Å²) < 4.78 is 0. The fourth-order valence-corrected chi connectivity index (χ4v) is 2.86. The van der Waals surface area contributed by atoms with Gasteiger partial charge in [-0.3, -0.25) is 4.79 Å². The molecule has 1 aromatic rings. The second-order valence-corrected chi connectivity index (χ2v) is 5.69. The predicted octanol–water partition coefficient (Wildman–Crippen LogP) is 1.25. The van der Waals surface area contributed by atoms with Crippen molar-refractivity contribution in [3.63, 3.8) is 0 Å². The topological polar surface area (TPSA) is 54.0 Å². The van der Waals surface area contributed by atoms with Crippen LogP contribution in [0.2, 0.25) is 0 Å². The van der Waals surface area contributed by atoms with Gasteiger partial charge in [0.15, 0.2) is 0 Å². The van der Waals surface area contributed by atoms with Crippen molar-refractivity contribution in [2.75, 3.05) is 13.1 Å². The molecular formula is C12H19N3OS. The van der Waals surface area contributed by atoms with Crippen LogP contribution in [0.4, 0.5) is 0 Å². The minimum absolute atomic E-state index is 0.114. The van der Waals surface area contributed by atoms with Crippen molar-refractivity contribution in [1.82, 2.24) is 15.6 Å². The van der Waals surface area contributed by atoms with Gasteiger partial charge in [-0.15, -0.1) is 11.3 Å². The molecule has 4 nitrogen and oxygen atoms in total. The molecule has 1 aliphatic rings. The highest BCUT2D eigenvalue weighted by atomic mass is 32.1. The van der Waals surface area contributed by atoms with Crippen molar-refractivity contribution >= 4 is 17.2 Å². The highest BCUT2D eigenvalue weighted by Crippen LogP contribution is 2.18. The first-order valence-electron chi connectivity index (χ1n) is 6.04. The highest BCUT2D eigenvalue weighted by molar-refractivity contribution is 7.09. The van der Waals surface area contributed by atoms with Crippen LogP contribution in [0.5, 0.6) is 0 Å². The number of thiazole rings is 1. The molecule has 1 unspecified atom stereocenters. The largest absolute Gasteiger partial charge is 0.354 e. The smallest absolute Gasteiger partial charge is 0.240 e. The minimum Gasteiger partial charge on any atom is -0.354 e. The van der Waals surface area contributed by atoms with Gasteiger partial charge in [0.1, 0.15) is 0 Å². The van der Waals surface area contributed by atoms with Crippen molar-refractivity contribution in [2.45, 2.75) is 38.6 Å². The third-order valence-electron chi connectivity index (χ3n) is 3.16. The van der Waals surface area contributed by atoms with E-state index < -0.39 is 0 Å². The van der Waals surface area contributed by atoms with Gasteiger partial charge in [-0.2, -0.15) is 0 Å². The molecule has 1 amide bonds. The molecule has 5 heteroatoms. The van der Waals surface area contributed by atoms with E-state index >= 15 is 0 Å². The molecule has 1 saturated heterocycles. The molecule has 1 atom stereocenters. The summed E-state index contributed by atoms with van der Waals surface area (Å²) in [7, 11) is 0. The van der Waals surface area contributed by atoms with Crippen LogP contribution in [0.3, 0.4) is 0 Å². The van der Waals surface area contributed by atoms with Crippen molar-refractivity contribution in [3.8, 4) is 0 Å². The van der Waals surface area contributed by atoms with Crippen molar-refractivity contribution in [2.24, 2.45) is 0 Å². The first-order chi connectivity index (χ1) is 8.10. The molecule has 2 N–H and O–H groups in total. The molecule has 0 aromatic carbocycles. The Morgan fingerprint density at radius 1 is 1.71 bits per heavy atom. The van der Waals surface area contributed by atoms with Crippen LogP contribution in [0.1, 0.15) is 30.5 Å². The van der Waals surface area contributed by atoms with Gasteiger partial charge in [0.2, 0.25) is 5.91 Å². The quantitative estimate of drug-likeness (QED) is 0.849. The Bertz CT molecular complexity index is 396. The maximum Gasteiger partial charge on any atom is 0.240 e. The lowest BCUT2D eigenvalue weighted by Crippen LogP contribution is -2.51. The lowest BCUT2D eigenvalue weighted by atomic mass is 9.99. The molecular weight excluding hydrogens is 234 g/mol. The Labute approximate surface area is 106 Å². The van der Waals surface area contributed by atoms with E-state index in [0.717, 1.165) is 36.5 Å². The Morgan fingerprint density at radius 3 is 3.12 bits per heavy atom. The van der Waals surface area contributed by atoms with Gasteiger partial charge in [-0.25, -0.2) is 4.98 Å². The van der Waals surface area contributed by atoms with Crippen LogP contribution in [0.25, 0.3) is 0 Å². The van der Waals surface area contributed by atoms with Gasteiger partial charge in [-0.1, -0.05) is 0 Å². The standard InChI is InChI=1S/C12H19N3OS/c1-9-8-17-10(15-9)4-7-13-11(16)12(2)5-3-6-14-12/h8,14H,3-7H2,1-2H3,(H,13,16). The van der Waals surface area contributed by atoms with Crippen molar-refractivity contribution < 1.29 is 4.79 Å². The van der Waals surface area contributed by atoms with E-state index in [-0.39, 0.29) is 11.4 Å². The summed E-state index contributed by atoms with van der Waals surface area (Å²) in [6.07, 6.45) is 2.82. The van der Waals surface area contributed by atoms with Crippen LogP contribution in [0, 0.1) is 6.92 Å². The summed E-state index contributed by atoms with van der Waals surface area (Å²) in [6, 6.07) is 0. The van der Waals surface area contributed by atoms with Gasteiger partial charge in [0.25, 0.3) is 0 Å². The van der Waals surface area contributed by atoms with Gasteiger partial charge < -0.3 is 10.6 Å². The summed E-state index contributed by atoms with van der Waals surface area (Å²) >= 11 is 1.65. The Morgan fingerprint density at radius 2 is 2.53 bits per heavy atom. The summed E-state index contributed by atoms with van der Waals surface area (Å²) in [5, 5.41) is 9.38. The summed E-state index contributed by atoms with van der Waals surface area (Å²) in [4.78, 5) is 16.3. The molecule has 2 rings (SSSR count). The first-order valence-corrected chi connectivity index (χ1v) is 6.92. The van der Waals surface area contributed by atoms with E-state index in [4.69, 9.17) is 0 Å². The van der Waals surface area contributed by atoms with Crippen LogP contribution >= 0.6 is 11.3 Å². The second kappa shape index (κ2) is 5.14. The molecule has 1 aromatic heterocycles. The predicted molar refractivity (Wildman–Crippen MR) is 69.2 cm³/mol. The number of amides is 1. The zero-order chi connectivity index (χ0) is 12.3. The number of aromatic nitrogens is 1. The molecule has 17 heavy (non-hydrogen) atoms. The Balaban J connectivity index is 1.77. The number of hydrogen-bond donors (Lipinski definition) is 2. The summed E-state index contributed by atoms with van der Waals surface area (Å²) in [5.74, 6) is 0.114. The minimum atomic E-state index is -0.362. The molecule has 94 valence electrons. The third kappa shape index (κ3) is 3.04. The average Bonchev–Trinajstić information content (AvgIpc) is 2.89. The molecule has 0 bridgehead atoms. The van der Waals surface area contributed by atoms with E-state index in [2.05, 4.69) is 15.6 Å². The maximum absolute atomic E-state index is 12.0. The van der Waals surface area contributed by atoms with Crippen LogP contribution < -0.4 is 10.6 Å². The number of rotatable bonds is 4. The maximum atomic E-state index is 12.0. The second-order valence-electron chi connectivity index (χ2n) is 4.75. The van der Waals surface area contributed by atoms with Gasteiger partial charge in [0, 0.05) is 24.0 Å². The summed E-state index contributed by atoms with van der Waals surface area (Å²) in [5.41, 5.74) is 0.694. The lowest BCUT2D eigenvalue weighted by Gasteiger charge is -2.22. The zero-order valence-electron chi connectivity index (χ0n) is 10.4. The zero-order valence-corrected chi connectivity index (χ0v) is 11.2. The molecule has 0 spiro atoms. The van der Waals surface area contributed by atoms with E-state index in [0.29, 0.717) is 6.54 Å². The monoisotopic (exact) mass is 253 g/mol. The van der Waals surface area contributed by atoms with Crippen molar-refractivity contribution in [3.05, 3.63) is 16.1 Å². The van der Waals surface area contributed by atoms with Gasteiger partial charge in [-0.05, 0) is 33.2 Å². The SMILES string of the molecule is Cc1csc(CCNC(=O)C2(C)CCCN2)n1. The summed E-state index contributed by atoms with van der Waals surface area (Å²) in [6.45, 7) is 5.57. The molecule has 1 fully saturated rings. The third-order valence-corrected chi connectivity index (χ3v) is 4.19. The fraction of sp³-hybridized carbons (Fsp3) is 0.667. The lowest BCUT2D eigenvalue weighted by molar-refractivity contribution is -0.126. The highest BCUT2D eigenvalue weighted by Gasteiger charge is 2.35. The molecule has 2 heterocycles. The van der Waals surface area contributed by atoms with E-state index in [1.54, 1.807) is 11.3 Å². The van der Waals surface area contributed by atoms with Crippen LogP contribution in [0.15, 0.2) is 5.38 Å². The fourth-order valence-electron chi connectivity index (χ4n) is 2.08. The number of aryl methyl sites for hydroxylation is 1. The van der Waals surface area contributed by atoms with Crippen LogP contribution in [-0.4, -0.2) is 29.5 Å². The van der Waals surface area contributed by atoms with Crippen molar-refractivity contribution in [1.29, 1.82) is 0 Å². The molecule has 0 saturated carbocycles. The van der Waals surface area contributed by atoms with E-state index in [9.17, 15) is 4.79 Å². The van der Waals surface area contributed by atoms with E-state index in [1.807, 2.05) is 19.2 Å². The first kappa shape index (κ1) is 12.5. The average molecular weight is 253 g/mol.